The molecule has 0 aliphatic rings. The summed E-state index contributed by atoms with van der Waals surface area (Å²) in [6.07, 6.45) is 1.59. The molecule has 7 nitrogen and oxygen atoms in total. The number of amides is 1. The number of hydroxylamine groups is 1. The number of halogens is 2. The van der Waals surface area contributed by atoms with Crippen molar-refractivity contribution in [3.8, 4) is 0 Å². The van der Waals surface area contributed by atoms with Gasteiger partial charge in [0.2, 0.25) is 6.41 Å². The van der Waals surface area contributed by atoms with Crippen molar-refractivity contribution < 1.29 is 18.9 Å². The molecule has 1 heterocycles. The zero-order valence-corrected chi connectivity index (χ0v) is 11.4. The lowest BCUT2D eigenvalue weighted by Crippen LogP contribution is -2.20. The minimum absolute atomic E-state index is 0.0193. The predicted octanol–water partition coefficient (Wildman–Crippen LogP) is 2.20. The van der Waals surface area contributed by atoms with Crippen LogP contribution in [0, 0.1) is 5.82 Å². The van der Waals surface area contributed by atoms with Gasteiger partial charge in [-0.25, -0.2) is 9.38 Å². The molecule has 1 aromatic heterocycles. The van der Waals surface area contributed by atoms with Crippen LogP contribution >= 0.6 is 15.9 Å². The van der Waals surface area contributed by atoms with Gasteiger partial charge in [0.25, 0.3) is 0 Å². The van der Waals surface area contributed by atoms with E-state index in [0.717, 1.165) is 0 Å². The van der Waals surface area contributed by atoms with Gasteiger partial charge in [-0.15, -0.1) is 0 Å². The van der Waals surface area contributed by atoms with Gasteiger partial charge in [0.1, 0.15) is 17.6 Å². The molecule has 0 aliphatic carbocycles. The Morgan fingerprint density at radius 1 is 1.55 bits per heavy atom. The number of rotatable bonds is 4. The van der Waals surface area contributed by atoms with Crippen LogP contribution in [0.5, 0.6) is 0 Å². The van der Waals surface area contributed by atoms with E-state index in [-0.39, 0.29) is 21.7 Å². The van der Waals surface area contributed by atoms with Crippen LogP contribution in [0.3, 0.4) is 0 Å². The van der Waals surface area contributed by atoms with Crippen molar-refractivity contribution in [2.75, 3.05) is 5.32 Å². The van der Waals surface area contributed by atoms with E-state index in [1.54, 1.807) is 0 Å². The first kappa shape index (κ1) is 14.2. The van der Waals surface area contributed by atoms with Gasteiger partial charge >= 0.3 is 0 Å². The molecule has 0 bridgehead atoms. The van der Waals surface area contributed by atoms with Crippen LogP contribution in [0.25, 0.3) is 0 Å². The number of nitrogens with zero attached hydrogens (tertiary/aromatic N) is 2. The fraction of sp³-hybridized carbons (Fsp3) is 0. The molecule has 2 aromatic rings. The Labute approximate surface area is 120 Å². The highest BCUT2D eigenvalue weighted by Crippen LogP contribution is 2.23. The van der Waals surface area contributed by atoms with Gasteiger partial charge in [-0.05, 0) is 34.1 Å². The van der Waals surface area contributed by atoms with Crippen molar-refractivity contribution in [3.63, 3.8) is 0 Å². The summed E-state index contributed by atoms with van der Waals surface area (Å²) in [6, 6.07) is 4.06. The summed E-state index contributed by atoms with van der Waals surface area (Å²) in [7, 11) is 0. The van der Waals surface area contributed by atoms with E-state index >= 15 is 0 Å². The molecule has 0 saturated carbocycles. The van der Waals surface area contributed by atoms with Crippen LogP contribution in [-0.2, 0) is 4.79 Å². The van der Waals surface area contributed by atoms with E-state index in [1.807, 2.05) is 5.48 Å². The Balaban J connectivity index is 2.40. The van der Waals surface area contributed by atoms with Crippen molar-refractivity contribution in [2.45, 2.75) is 0 Å². The van der Waals surface area contributed by atoms with Crippen LogP contribution in [0.15, 0.2) is 38.5 Å². The highest BCUT2D eigenvalue weighted by Gasteiger charge is 2.14. The van der Waals surface area contributed by atoms with Gasteiger partial charge in [0.15, 0.2) is 11.7 Å². The van der Waals surface area contributed by atoms with Gasteiger partial charge in [-0.3, -0.25) is 15.5 Å². The summed E-state index contributed by atoms with van der Waals surface area (Å²) < 4.78 is 18.0. The number of carbonyl (C=O) groups is 1. The van der Waals surface area contributed by atoms with Crippen molar-refractivity contribution >= 4 is 39.7 Å². The first-order valence-corrected chi connectivity index (χ1v) is 6.03. The molecule has 0 fully saturated rings. The maximum Gasteiger partial charge on any atom is 0.212 e. The van der Waals surface area contributed by atoms with Crippen molar-refractivity contribution in [1.29, 1.82) is 0 Å². The lowest BCUT2D eigenvalue weighted by atomic mass is 10.3. The number of amidine groups is 1. The topological polar surface area (TPSA) is 99.8 Å². The molecule has 2 rings (SSSR count). The van der Waals surface area contributed by atoms with Crippen LogP contribution in [0.2, 0.25) is 0 Å². The molecular weight excluding hydrogens is 335 g/mol. The van der Waals surface area contributed by atoms with Crippen LogP contribution in [0.1, 0.15) is 5.56 Å². The van der Waals surface area contributed by atoms with Gasteiger partial charge in [0.05, 0.1) is 10.2 Å². The fourth-order valence-electron chi connectivity index (χ4n) is 1.39. The molecule has 1 amide bonds. The summed E-state index contributed by atoms with van der Waals surface area (Å²) >= 11 is 3.03. The second-order valence-corrected chi connectivity index (χ2v) is 4.36. The number of hydrogen-bond donors (Lipinski definition) is 3. The summed E-state index contributed by atoms with van der Waals surface area (Å²) in [5.74, 6) is -0.369. The predicted molar refractivity (Wildman–Crippen MR) is 71.4 cm³/mol. The SMILES string of the molecule is O=CNc1nocc1C(=Nc1ccc(F)c(Br)c1)NO. The zero-order chi connectivity index (χ0) is 14.5. The third-order valence-corrected chi connectivity index (χ3v) is 2.88. The maximum absolute atomic E-state index is 13.1. The lowest BCUT2D eigenvalue weighted by molar-refractivity contribution is -0.105. The lowest BCUT2D eigenvalue weighted by Gasteiger charge is -2.04. The fourth-order valence-corrected chi connectivity index (χ4v) is 1.76. The summed E-state index contributed by atoms with van der Waals surface area (Å²) in [4.78, 5) is 14.5. The second-order valence-electron chi connectivity index (χ2n) is 3.51. The monoisotopic (exact) mass is 342 g/mol. The molecule has 0 saturated heterocycles. The number of nitrogens with one attached hydrogen (secondary N) is 2. The van der Waals surface area contributed by atoms with E-state index in [2.05, 4.69) is 35.9 Å². The highest BCUT2D eigenvalue weighted by atomic mass is 79.9. The van der Waals surface area contributed by atoms with Gasteiger partial charge in [0, 0.05) is 0 Å². The van der Waals surface area contributed by atoms with Gasteiger partial charge in [-0.2, -0.15) is 0 Å². The molecule has 9 heteroatoms. The molecule has 3 N–H and O–H groups in total. The maximum atomic E-state index is 13.1. The quantitative estimate of drug-likeness (QED) is 0.342. The van der Waals surface area contributed by atoms with Gasteiger partial charge < -0.3 is 9.84 Å². The van der Waals surface area contributed by atoms with E-state index < -0.39 is 5.82 Å². The highest BCUT2D eigenvalue weighted by molar-refractivity contribution is 9.10. The van der Waals surface area contributed by atoms with Crippen molar-refractivity contribution in [2.24, 2.45) is 4.99 Å². The molecule has 0 radical (unpaired) electrons. The molecule has 0 aliphatic heterocycles. The summed E-state index contributed by atoms with van der Waals surface area (Å²) in [5, 5.41) is 14.9. The Hall–Kier alpha value is -2.26. The average molecular weight is 343 g/mol. The average Bonchev–Trinajstić information content (AvgIpc) is 2.88. The molecule has 0 unspecified atom stereocenters. The first-order valence-electron chi connectivity index (χ1n) is 5.24. The molecular formula is C11H8BrFN4O3. The Kier molecular flexibility index (Phi) is 4.43. The molecule has 20 heavy (non-hydrogen) atoms. The Morgan fingerprint density at radius 2 is 2.35 bits per heavy atom. The number of hydrogen-bond acceptors (Lipinski definition) is 5. The van der Waals surface area contributed by atoms with E-state index in [9.17, 15) is 9.18 Å². The Morgan fingerprint density at radius 3 is 3.00 bits per heavy atom. The van der Waals surface area contributed by atoms with Crippen LogP contribution in [0.4, 0.5) is 15.9 Å². The Bertz CT molecular complexity index is 659. The molecule has 104 valence electrons. The number of aliphatic imine (C=N–C) groups is 1. The minimum atomic E-state index is -0.434. The number of benzene rings is 1. The number of aromatic nitrogens is 1. The first-order chi connectivity index (χ1) is 9.65. The molecule has 1 aromatic carbocycles. The minimum Gasteiger partial charge on any atom is -0.362 e. The van der Waals surface area contributed by atoms with E-state index in [4.69, 9.17) is 5.21 Å². The van der Waals surface area contributed by atoms with E-state index in [1.165, 1.54) is 24.5 Å². The third-order valence-electron chi connectivity index (χ3n) is 2.27. The summed E-state index contributed by atoms with van der Waals surface area (Å²) in [6.45, 7) is 0. The van der Waals surface area contributed by atoms with E-state index in [0.29, 0.717) is 12.1 Å². The zero-order valence-electron chi connectivity index (χ0n) is 9.80. The largest absolute Gasteiger partial charge is 0.362 e. The smallest absolute Gasteiger partial charge is 0.212 e. The summed E-state index contributed by atoms with van der Waals surface area (Å²) in [5.41, 5.74) is 2.48. The number of anilines is 1. The second kappa shape index (κ2) is 6.26. The normalized spacial score (nSPS) is 11.2. The molecule has 0 atom stereocenters. The van der Waals surface area contributed by atoms with Crippen LogP contribution in [-0.4, -0.2) is 22.6 Å². The van der Waals surface area contributed by atoms with Crippen molar-refractivity contribution in [3.05, 3.63) is 40.3 Å². The van der Waals surface area contributed by atoms with Crippen molar-refractivity contribution in [1.82, 2.24) is 10.6 Å². The number of carbonyl (C=O) groups excluding carboxylic acids is 1. The third kappa shape index (κ3) is 3.00. The van der Waals surface area contributed by atoms with Gasteiger partial charge in [-0.1, -0.05) is 5.16 Å². The van der Waals surface area contributed by atoms with Crippen LogP contribution < -0.4 is 10.8 Å². The standard InChI is InChI=1S/C11H8BrFN4O3/c12-8-3-6(1-2-9(8)13)15-11(16-19)7-4-20-17-10(7)14-5-18/h1-5,19H,(H,15,16)(H,14,17,18). The molecule has 0 spiro atoms.